The Bertz CT molecular complexity index is 518. The molecule has 1 heterocycles. The molecule has 6 heteroatoms. The van der Waals surface area contributed by atoms with Gasteiger partial charge in [-0.1, -0.05) is 19.1 Å². The second-order valence-corrected chi connectivity index (χ2v) is 4.78. The van der Waals surface area contributed by atoms with Crippen LogP contribution in [0.5, 0.6) is 5.75 Å². The van der Waals surface area contributed by atoms with Crippen LogP contribution in [0.15, 0.2) is 24.3 Å². The number of hydrogen-bond donors (Lipinski definition) is 1. The minimum absolute atomic E-state index is 0.0220. The SMILES string of the molecule is CC[C@H]1CN(C(=O)NCCC(=O)OC)c2ccccc2O1. The predicted octanol–water partition coefficient (Wildman–Crippen LogP) is 1.94. The number of ether oxygens (including phenoxy) is 2. The van der Waals surface area contributed by atoms with Gasteiger partial charge in [0, 0.05) is 6.54 Å². The number of carbonyl (C=O) groups is 2. The van der Waals surface area contributed by atoms with Crippen LogP contribution < -0.4 is 15.0 Å². The Hall–Kier alpha value is -2.24. The lowest BCUT2D eigenvalue weighted by Gasteiger charge is -2.34. The molecule has 0 aliphatic carbocycles. The third kappa shape index (κ3) is 3.65. The number of fused-ring (bicyclic) bond motifs is 1. The van der Waals surface area contributed by atoms with E-state index in [4.69, 9.17) is 4.74 Å². The largest absolute Gasteiger partial charge is 0.486 e. The Balaban J connectivity index is 2.04. The van der Waals surface area contributed by atoms with Crippen LogP contribution in [0.2, 0.25) is 0 Å². The molecule has 1 atom stereocenters. The molecule has 0 bridgehead atoms. The first kappa shape index (κ1) is 15.2. The van der Waals surface area contributed by atoms with E-state index in [1.165, 1.54) is 7.11 Å². The number of benzene rings is 1. The van der Waals surface area contributed by atoms with Gasteiger partial charge in [-0.3, -0.25) is 9.69 Å². The van der Waals surface area contributed by atoms with E-state index in [-0.39, 0.29) is 31.1 Å². The summed E-state index contributed by atoms with van der Waals surface area (Å²) < 4.78 is 10.4. The molecule has 1 aliphatic heterocycles. The van der Waals surface area contributed by atoms with E-state index in [1.807, 2.05) is 31.2 Å². The number of anilines is 1. The van der Waals surface area contributed by atoms with Crippen molar-refractivity contribution < 1.29 is 19.1 Å². The van der Waals surface area contributed by atoms with E-state index in [2.05, 4.69) is 10.1 Å². The van der Waals surface area contributed by atoms with Gasteiger partial charge in [0.2, 0.25) is 0 Å². The number of rotatable bonds is 4. The van der Waals surface area contributed by atoms with E-state index in [1.54, 1.807) is 4.90 Å². The Morgan fingerprint density at radius 2 is 2.19 bits per heavy atom. The highest BCUT2D eigenvalue weighted by molar-refractivity contribution is 5.94. The Morgan fingerprint density at radius 1 is 1.43 bits per heavy atom. The summed E-state index contributed by atoms with van der Waals surface area (Å²) >= 11 is 0. The topological polar surface area (TPSA) is 67.9 Å². The molecule has 1 aromatic rings. The molecule has 114 valence electrons. The van der Waals surface area contributed by atoms with Gasteiger partial charge in [0.05, 0.1) is 25.8 Å². The summed E-state index contributed by atoms with van der Waals surface area (Å²) in [4.78, 5) is 25.0. The molecule has 0 radical (unpaired) electrons. The second kappa shape index (κ2) is 6.97. The fourth-order valence-corrected chi connectivity index (χ4v) is 2.17. The number of nitrogens with one attached hydrogen (secondary N) is 1. The Morgan fingerprint density at radius 3 is 2.90 bits per heavy atom. The molecule has 1 aromatic carbocycles. The zero-order valence-corrected chi connectivity index (χ0v) is 12.3. The van der Waals surface area contributed by atoms with Crippen molar-refractivity contribution in [2.45, 2.75) is 25.9 Å². The summed E-state index contributed by atoms with van der Waals surface area (Å²) in [7, 11) is 1.33. The van der Waals surface area contributed by atoms with Gasteiger partial charge in [-0.25, -0.2) is 4.79 Å². The van der Waals surface area contributed by atoms with Crippen molar-refractivity contribution in [3.8, 4) is 5.75 Å². The first-order valence-electron chi connectivity index (χ1n) is 7.03. The molecule has 0 unspecified atom stereocenters. The zero-order chi connectivity index (χ0) is 15.2. The number of methoxy groups -OCH3 is 1. The molecule has 0 saturated carbocycles. The molecule has 0 saturated heterocycles. The van der Waals surface area contributed by atoms with Crippen LogP contribution in [0.25, 0.3) is 0 Å². The lowest BCUT2D eigenvalue weighted by molar-refractivity contribution is -0.140. The maximum absolute atomic E-state index is 12.3. The summed E-state index contributed by atoms with van der Waals surface area (Å²) in [6.07, 6.45) is 0.956. The van der Waals surface area contributed by atoms with Gasteiger partial charge in [0.1, 0.15) is 11.9 Å². The van der Waals surface area contributed by atoms with Crippen LogP contribution in [0, 0.1) is 0 Å². The lowest BCUT2D eigenvalue weighted by atomic mass is 10.1. The van der Waals surface area contributed by atoms with Crippen molar-refractivity contribution in [1.82, 2.24) is 5.32 Å². The normalized spacial score (nSPS) is 16.7. The third-order valence-electron chi connectivity index (χ3n) is 3.37. The number of carbonyl (C=O) groups excluding carboxylic acids is 2. The predicted molar refractivity (Wildman–Crippen MR) is 78.5 cm³/mol. The summed E-state index contributed by atoms with van der Waals surface area (Å²) in [5.41, 5.74) is 0.748. The number of nitrogens with zero attached hydrogens (tertiary/aromatic N) is 1. The van der Waals surface area contributed by atoms with Crippen molar-refractivity contribution in [1.29, 1.82) is 0 Å². The number of esters is 1. The van der Waals surface area contributed by atoms with Gasteiger partial charge < -0.3 is 14.8 Å². The van der Waals surface area contributed by atoms with Crippen molar-refractivity contribution >= 4 is 17.7 Å². The Labute approximate surface area is 124 Å². The molecular formula is C15H20N2O4. The highest BCUT2D eigenvalue weighted by Crippen LogP contribution is 2.33. The van der Waals surface area contributed by atoms with Gasteiger partial charge >= 0.3 is 12.0 Å². The monoisotopic (exact) mass is 292 g/mol. The quantitative estimate of drug-likeness (QED) is 0.861. The molecule has 21 heavy (non-hydrogen) atoms. The molecule has 0 spiro atoms. The van der Waals surface area contributed by atoms with E-state index in [0.29, 0.717) is 12.3 Å². The van der Waals surface area contributed by atoms with E-state index < -0.39 is 0 Å². The van der Waals surface area contributed by atoms with Crippen LogP contribution in [0.3, 0.4) is 0 Å². The fraction of sp³-hybridized carbons (Fsp3) is 0.467. The number of para-hydroxylation sites is 2. The lowest BCUT2D eigenvalue weighted by Crippen LogP contribution is -2.48. The number of amides is 2. The average molecular weight is 292 g/mol. The highest BCUT2D eigenvalue weighted by atomic mass is 16.5. The molecule has 1 N–H and O–H groups in total. The molecule has 2 rings (SSSR count). The minimum atomic E-state index is -0.343. The van der Waals surface area contributed by atoms with Crippen molar-refractivity contribution in [3.05, 3.63) is 24.3 Å². The first-order valence-corrected chi connectivity index (χ1v) is 7.03. The molecular weight excluding hydrogens is 272 g/mol. The van der Waals surface area contributed by atoms with Crippen molar-refractivity contribution in [3.63, 3.8) is 0 Å². The maximum atomic E-state index is 12.3. The summed E-state index contributed by atoms with van der Waals surface area (Å²) in [6, 6.07) is 7.22. The molecule has 0 fully saturated rings. The van der Waals surface area contributed by atoms with Gasteiger partial charge in [-0.2, -0.15) is 0 Å². The van der Waals surface area contributed by atoms with E-state index >= 15 is 0 Å². The number of hydrogen-bond acceptors (Lipinski definition) is 4. The third-order valence-corrected chi connectivity index (χ3v) is 3.37. The summed E-state index contributed by atoms with van der Waals surface area (Å²) in [6.45, 7) is 2.77. The minimum Gasteiger partial charge on any atom is -0.486 e. The zero-order valence-electron chi connectivity index (χ0n) is 12.3. The summed E-state index contributed by atoms with van der Waals surface area (Å²) in [5, 5.41) is 2.73. The highest BCUT2D eigenvalue weighted by Gasteiger charge is 2.28. The van der Waals surface area contributed by atoms with Crippen LogP contribution in [-0.4, -0.2) is 38.3 Å². The molecule has 1 aliphatic rings. The van der Waals surface area contributed by atoms with Crippen LogP contribution >= 0.6 is 0 Å². The number of urea groups is 1. The van der Waals surface area contributed by atoms with Gasteiger partial charge in [0.25, 0.3) is 0 Å². The summed E-state index contributed by atoms with van der Waals surface area (Å²) in [5.74, 6) is 0.364. The standard InChI is InChI=1S/C15H20N2O4/c1-3-11-10-17(12-6-4-5-7-13(12)21-11)15(19)16-9-8-14(18)20-2/h4-7,11H,3,8-10H2,1-2H3,(H,16,19)/t11-/m0/s1. The van der Waals surface area contributed by atoms with Crippen molar-refractivity contribution in [2.75, 3.05) is 25.1 Å². The second-order valence-electron chi connectivity index (χ2n) is 4.78. The molecule has 2 amide bonds. The van der Waals surface area contributed by atoms with E-state index in [0.717, 1.165) is 12.1 Å². The first-order chi connectivity index (χ1) is 10.2. The molecule has 0 aromatic heterocycles. The average Bonchev–Trinajstić information content (AvgIpc) is 2.53. The van der Waals surface area contributed by atoms with Gasteiger partial charge in [-0.15, -0.1) is 0 Å². The van der Waals surface area contributed by atoms with Crippen LogP contribution in [0.1, 0.15) is 19.8 Å². The maximum Gasteiger partial charge on any atom is 0.322 e. The van der Waals surface area contributed by atoms with E-state index in [9.17, 15) is 9.59 Å². The van der Waals surface area contributed by atoms with Crippen molar-refractivity contribution in [2.24, 2.45) is 0 Å². The van der Waals surface area contributed by atoms with Crippen LogP contribution in [-0.2, 0) is 9.53 Å². The van der Waals surface area contributed by atoms with Gasteiger partial charge in [0.15, 0.2) is 0 Å². The smallest absolute Gasteiger partial charge is 0.322 e. The van der Waals surface area contributed by atoms with Crippen LogP contribution in [0.4, 0.5) is 10.5 Å². The molecule has 6 nitrogen and oxygen atoms in total. The Kier molecular flexibility index (Phi) is 5.03. The fourth-order valence-electron chi connectivity index (χ4n) is 2.17. The van der Waals surface area contributed by atoms with Gasteiger partial charge in [-0.05, 0) is 18.6 Å².